The van der Waals surface area contributed by atoms with Crippen LogP contribution >= 0.6 is 0 Å². The molecular weight excluding hydrogens is 162 g/mol. The molecule has 2 heteroatoms. The highest BCUT2D eigenvalue weighted by Gasteiger charge is 2.39. The zero-order valence-electron chi connectivity index (χ0n) is 8.34. The minimum absolute atomic E-state index is 0.688. The van der Waals surface area contributed by atoms with Crippen LogP contribution < -0.4 is 5.32 Å². The molecule has 2 atom stereocenters. The summed E-state index contributed by atoms with van der Waals surface area (Å²) in [4.78, 5) is 0. The Morgan fingerprint density at radius 1 is 1.54 bits per heavy atom. The van der Waals surface area contributed by atoms with Gasteiger partial charge in [0.2, 0.25) is 0 Å². The average Bonchev–Trinajstić information content (AvgIpc) is 2.78. The Hall–Kier alpha value is -0.760. The van der Waals surface area contributed by atoms with Crippen LogP contribution in [0.4, 0.5) is 0 Å². The van der Waals surface area contributed by atoms with E-state index >= 15 is 0 Å². The van der Waals surface area contributed by atoms with Crippen LogP contribution in [0, 0.1) is 12.8 Å². The second-order valence-electron chi connectivity index (χ2n) is 3.86. The van der Waals surface area contributed by atoms with E-state index in [1.54, 1.807) is 0 Å². The van der Waals surface area contributed by atoms with Gasteiger partial charge in [0, 0.05) is 5.92 Å². The molecule has 1 aromatic heterocycles. The molecule has 2 unspecified atom stereocenters. The van der Waals surface area contributed by atoms with Crippen LogP contribution in [-0.4, -0.2) is 13.1 Å². The molecule has 0 bridgehead atoms. The lowest BCUT2D eigenvalue weighted by molar-refractivity contribution is 0.475. The van der Waals surface area contributed by atoms with Crippen molar-refractivity contribution in [3.63, 3.8) is 0 Å². The highest BCUT2D eigenvalue weighted by molar-refractivity contribution is 5.17. The van der Waals surface area contributed by atoms with Crippen molar-refractivity contribution >= 4 is 0 Å². The summed E-state index contributed by atoms with van der Waals surface area (Å²) in [7, 11) is 0. The predicted octanol–water partition coefficient (Wildman–Crippen LogP) is 2.30. The fraction of sp³-hybridized carbons (Fsp3) is 0.636. The van der Waals surface area contributed by atoms with Crippen molar-refractivity contribution in [3.05, 3.63) is 23.7 Å². The van der Waals surface area contributed by atoms with Gasteiger partial charge in [0.05, 0.1) is 0 Å². The fourth-order valence-corrected chi connectivity index (χ4v) is 1.80. The molecule has 0 radical (unpaired) electrons. The smallest absolute Gasteiger partial charge is 0.107 e. The highest BCUT2D eigenvalue weighted by Crippen LogP contribution is 2.47. The topological polar surface area (TPSA) is 25.2 Å². The fourth-order valence-electron chi connectivity index (χ4n) is 1.80. The van der Waals surface area contributed by atoms with Gasteiger partial charge in [-0.25, -0.2) is 0 Å². The van der Waals surface area contributed by atoms with E-state index in [1.165, 1.54) is 12.2 Å². The van der Waals surface area contributed by atoms with E-state index in [0.29, 0.717) is 5.92 Å². The van der Waals surface area contributed by atoms with E-state index in [-0.39, 0.29) is 0 Å². The molecule has 0 saturated heterocycles. The number of furan rings is 1. The first-order valence-corrected chi connectivity index (χ1v) is 5.08. The quantitative estimate of drug-likeness (QED) is 0.767. The van der Waals surface area contributed by atoms with Gasteiger partial charge >= 0.3 is 0 Å². The lowest BCUT2D eigenvalue weighted by atomic mass is 10.2. The van der Waals surface area contributed by atoms with Crippen molar-refractivity contribution in [2.45, 2.75) is 26.2 Å². The molecule has 13 heavy (non-hydrogen) atoms. The van der Waals surface area contributed by atoms with Gasteiger partial charge in [-0.05, 0) is 44.5 Å². The molecule has 72 valence electrons. The second-order valence-corrected chi connectivity index (χ2v) is 3.86. The normalized spacial score (nSPS) is 26.3. The van der Waals surface area contributed by atoms with Gasteiger partial charge in [-0.15, -0.1) is 0 Å². The molecule has 2 rings (SSSR count). The summed E-state index contributed by atoms with van der Waals surface area (Å²) < 4.78 is 5.59. The molecule has 1 aliphatic rings. The molecule has 1 saturated carbocycles. The van der Waals surface area contributed by atoms with Crippen LogP contribution in [0.25, 0.3) is 0 Å². The van der Waals surface area contributed by atoms with E-state index in [0.717, 1.165) is 24.8 Å². The SMILES string of the molecule is CCNCC1CC1c1ccc(C)o1. The Kier molecular flexibility index (Phi) is 2.40. The first-order valence-electron chi connectivity index (χ1n) is 5.08. The van der Waals surface area contributed by atoms with Crippen molar-refractivity contribution in [2.75, 3.05) is 13.1 Å². The molecule has 0 aliphatic heterocycles. The largest absolute Gasteiger partial charge is 0.466 e. The van der Waals surface area contributed by atoms with Crippen LogP contribution in [0.2, 0.25) is 0 Å². The number of aryl methyl sites for hydroxylation is 1. The van der Waals surface area contributed by atoms with E-state index in [2.05, 4.69) is 24.4 Å². The van der Waals surface area contributed by atoms with Gasteiger partial charge in [-0.3, -0.25) is 0 Å². The van der Waals surface area contributed by atoms with Crippen molar-refractivity contribution in [2.24, 2.45) is 5.92 Å². The molecule has 0 aromatic carbocycles. The third kappa shape index (κ3) is 1.94. The van der Waals surface area contributed by atoms with Crippen LogP contribution in [0.1, 0.15) is 30.8 Å². The molecule has 0 amide bonds. The minimum Gasteiger partial charge on any atom is -0.466 e. The van der Waals surface area contributed by atoms with Crippen LogP contribution in [0.3, 0.4) is 0 Å². The zero-order valence-corrected chi connectivity index (χ0v) is 8.34. The Balaban J connectivity index is 1.85. The first-order chi connectivity index (χ1) is 6.31. The molecule has 1 N–H and O–H groups in total. The van der Waals surface area contributed by atoms with E-state index in [4.69, 9.17) is 4.42 Å². The summed E-state index contributed by atoms with van der Waals surface area (Å²) in [5, 5.41) is 3.38. The number of rotatable bonds is 4. The Bertz CT molecular complexity index is 279. The monoisotopic (exact) mass is 179 g/mol. The van der Waals surface area contributed by atoms with Gasteiger partial charge < -0.3 is 9.73 Å². The Labute approximate surface area is 79.3 Å². The van der Waals surface area contributed by atoms with E-state index < -0.39 is 0 Å². The lowest BCUT2D eigenvalue weighted by Crippen LogP contribution is -2.16. The average molecular weight is 179 g/mol. The highest BCUT2D eigenvalue weighted by atomic mass is 16.3. The van der Waals surface area contributed by atoms with Gasteiger partial charge in [0.25, 0.3) is 0 Å². The molecule has 1 aliphatic carbocycles. The summed E-state index contributed by atoms with van der Waals surface area (Å²) in [6, 6.07) is 4.17. The van der Waals surface area contributed by atoms with Crippen molar-refractivity contribution < 1.29 is 4.42 Å². The predicted molar refractivity (Wildman–Crippen MR) is 52.8 cm³/mol. The van der Waals surface area contributed by atoms with Crippen molar-refractivity contribution in [1.29, 1.82) is 0 Å². The molecule has 1 aromatic rings. The van der Waals surface area contributed by atoms with Crippen LogP contribution in [0.15, 0.2) is 16.5 Å². The van der Waals surface area contributed by atoms with E-state index in [9.17, 15) is 0 Å². The van der Waals surface area contributed by atoms with Gasteiger partial charge in [-0.2, -0.15) is 0 Å². The Morgan fingerprint density at radius 2 is 2.38 bits per heavy atom. The molecule has 1 heterocycles. The Morgan fingerprint density at radius 3 is 3.00 bits per heavy atom. The van der Waals surface area contributed by atoms with Gasteiger partial charge in [0.15, 0.2) is 0 Å². The number of hydrogen-bond donors (Lipinski definition) is 1. The summed E-state index contributed by atoms with van der Waals surface area (Å²) in [5.74, 6) is 3.71. The maximum atomic E-state index is 5.59. The number of hydrogen-bond acceptors (Lipinski definition) is 2. The van der Waals surface area contributed by atoms with Crippen LogP contribution in [-0.2, 0) is 0 Å². The molecule has 1 fully saturated rings. The second kappa shape index (κ2) is 3.54. The summed E-state index contributed by atoms with van der Waals surface area (Å²) >= 11 is 0. The summed E-state index contributed by atoms with van der Waals surface area (Å²) in [6.45, 7) is 6.36. The summed E-state index contributed by atoms with van der Waals surface area (Å²) in [5.41, 5.74) is 0. The van der Waals surface area contributed by atoms with Crippen molar-refractivity contribution in [3.8, 4) is 0 Å². The third-order valence-electron chi connectivity index (χ3n) is 2.71. The lowest BCUT2D eigenvalue weighted by Gasteiger charge is -1.98. The maximum Gasteiger partial charge on any atom is 0.107 e. The van der Waals surface area contributed by atoms with Gasteiger partial charge in [-0.1, -0.05) is 6.92 Å². The van der Waals surface area contributed by atoms with Gasteiger partial charge in [0.1, 0.15) is 11.5 Å². The first kappa shape index (κ1) is 8.82. The van der Waals surface area contributed by atoms with E-state index in [1.807, 2.05) is 6.92 Å². The number of nitrogens with one attached hydrogen (secondary N) is 1. The molecular formula is C11H17NO. The standard InChI is InChI=1S/C11H17NO/c1-3-12-7-9-6-10(9)11-5-4-8(2)13-11/h4-5,9-10,12H,3,6-7H2,1-2H3. The van der Waals surface area contributed by atoms with Crippen molar-refractivity contribution in [1.82, 2.24) is 5.32 Å². The molecule has 2 nitrogen and oxygen atoms in total. The molecule has 0 spiro atoms. The minimum atomic E-state index is 0.688. The maximum absolute atomic E-state index is 5.59. The third-order valence-corrected chi connectivity index (χ3v) is 2.71. The van der Waals surface area contributed by atoms with Crippen LogP contribution in [0.5, 0.6) is 0 Å². The summed E-state index contributed by atoms with van der Waals surface area (Å²) in [6.07, 6.45) is 1.29. The zero-order chi connectivity index (χ0) is 9.26.